The molecule has 2 rings (SSSR count). The summed E-state index contributed by atoms with van der Waals surface area (Å²) in [6.07, 6.45) is -0.873. The summed E-state index contributed by atoms with van der Waals surface area (Å²) in [6, 6.07) is 8.30. The summed E-state index contributed by atoms with van der Waals surface area (Å²) in [4.78, 5) is 0. The van der Waals surface area contributed by atoms with Crippen LogP contribution in [-0.2, 0) is 0 Å². The molecule has 0 amide bonds. The van der Waals surface area contributed by atoms with Gasteiger partial charge in [-0.3, -0.25) is 5.43 Å². The van der Waals surface area contributed by atoms with E-state index in [9.17, 15) is 13.2 Å². The molecule has 1 N–H and O–H groups in total. The zero-order valence-electron chi connectivity index (χ0n) is 8.70. The molecule has 5 heteroatoms. The van der Waals surface area contributed by atoms with Crippen LogP contribution >= 0.6 is 0 Å². The Hall–Kier alpha value is -2.04. The summed E-state index contributed by atoms with van der Waals surface area (Å²) >= 11 is 0. The van der Waals surface area contributed by atoms with Gasteiger partial charge in [-0.2, -0.15) is 18.3 Å². The van der Waals surface area contributed by atoms with Gasteiger partial charge >= 0.3 is 6.18 Å². The fourth-order valence-corrected chi connectivity index (χ4v) is 1.49. The number of nitrogens with zero attached hydrogens (tertiary/aromatic N) is 1. The highest BCUT2D eigenvalue weighted by Gasteiger charge is 2.35. The fraction of sp³-hybridized carbons (Fsp3) is 0.0833. The molecule has 0 atom stereocenters. The summed E-state index contributed by atoms with van der Waals surface area (Å²) in [7, 11) is 0. The SMILES string of the molecule is FC(F)(F)C1=C(c2ccccc2)NN=CC=C1. The Morgan fingerprint density at radius 2 is 1.76 bits per heavy atom. The highest BCUT2D eigenvalue weighted by Crippen LogP contribution is 2.32. The Labute approximate surface area is 96.1 Å². The van der Waals surface area contributed by atoms with E-state index in [1.807, 2.05) is 0 Å². The van der Waals surface area contributed by atoms with Crippen LogP contribution < -0.4 is 5.43 Å². The molecule has 0 aromatic heterocycles. The van der Waals surface area contributed by atoms with Crippen molar-refractivity contribution in [1.82, 2.24) is 5.43 Å². The molecule has 0 fully saturated rings. The van der Waals surface area contributed by atoms with Crippen molar-refractivity contribution in [2.24, 2.45) is 5.10 Å². The minimum absolute atomic E-state index is 0.0388. The maximum absolute atomic E-state index is 12.9. The van der Waals surface area contributed by atoms with Gasteiger partial charge in [-0.25, -0.2) is 0 Å². The van der Waals surface area contributed by atoms with E-state index < -0.39 is 11.7 Å². The van der Waals surface area contributed by atoms with Crippen LogP contribution in [0.2, 0.25) is 0 Å². The van der Waals surface area contributed by atoms with Crippen molar-refractivity contribution in [1.29, 1.82) is 0 Å². The lowest BCUT2D eigenvalue weighted by Crippen LogP contribution is -2.17. The number of hydrazone groups is 1. The number of benzene rings is 1. The highest BCUT2D eigenvalue weighted by molar-refractivity contribution is 5.79. The Balaban J connectivity index is 2.56. The molecule has 1 aromatic rings. The lowest BCUT2D eigenvalue weighted by atomic mass is 10.1. The second kappa shape index (κ2) is 4.45. The second-order valence-corrected chi connectivity index (χ2v) is 3.40. The van der Waals surface area contributed by atoms with Gasteiger partial charge in [-0.15, -0.1) is 0 Å². The van der Waals surface area contributed by atoms with Crippen molar-refractivity contribution in [3.05, 3.63) is 53.6 Å². The first kappa shape index (κ1) is 11.4. The predicted molar refractivity (Wildman–Crippen MR) is 60.2 cm³/mol. The van der Waals surface area contributed by atoms with Gasteiger partial charge in [0.1, 0.15) is 0 Å². The monoisotopic (exact) mass is 238 g/mol. The topological polar surface area (TPSA) is 24.4 Å². The van der Waals surface area contributed by atoms with Crippen LogP contribution in [0.1, 0.15) is 5.56 Å². The number of alkyl halides is 3. The van der Waals surface area contributed by atoms with Crippen LogP contribution in [0.25, 0.3) is 5.70 Å². The first-order valence-corrected chi connectivity index (χ1v) is 4.91. The van der Waals surface area contributed by atoms with E-state index in [0.29, 0.717) is 5.56 Å². The molecule has 88 valence electrons. The van der Waals surface area contributed by atoms with E-state index in [-0.39, 0.29) is 5.70 Å². The standard InChI is InChI=1S/C12H9F3N2/c13-12(14,15)10-7-4-8-16-17-11(10)9-5-2-1-3-6-9/h1-8,17H. The maximum Gasteiger partial charge on any atom is 0.418 e. The largest absolute Gasteiger partial charge is 0.418 e. The molecule has 0 radical (unpaired) electrons. The predicted octanol–water partition coefficient (Wildman–Crippen LogP) is 3.11. The molecular weight excluding hydrogens is 229 g/mol. The van der Waals surface area contributed by atoms with Crippen molar-refractivity contribution >= 4 is 11.9 Å². The van der Waals surface area contributed by atoms with Gasteiger partial charge in [0, 0.05) is 11.8 Å². The Kier molecular flexibility index (Phi) is 2.99. The molecule has 1 aliphatic heterocycles. The lowest BCUT2D eigenvalue weighted by molar-refractivity contribution is -0.0878. The maximum atomic E-state index is 12.9. The molecule has 1 heterocycles. The molecule has 17 heavy (non-hydrogen) atoms. The summed E-state index contributed by atoms with van der Waals surface area (Å²) in [5, 5.41) is 3.67. The van der Waals surface area contributed by atoms with Gasteiger partial charge in [-0.1, -0.05) is 30.3 Å². The van der Waals surface area contributed by atoms with Crippen LogP contribution in [0.4, 0.5) is 13.2 Å². The number of halogens is 3. The van der Waals surface area contributed by atoms with Crippen LogP contribution in [-0.4, -0.2) is 12.4 Å². The van der Waals surface area contributed by atoms with Crippen LogP contribution in [0.5, 0.6) is 0 Å². The van der Waals surface area contributed by atoms with E-state index in [0.717, 1.165) is 6.08 Å². The zero-order chi connectivity index (χ0) is 12.3. The highest BCUT2D eigenvalue weighted by atomic mass is 19.4. The van der Waals surface area contributed by atoms with Crippen LogP contribution in [0, 0.1) is 0 Å². The number of allylic oxidation sites excluding steroid dienone is 3. The molecule has 0 bridgehead atoms. The smallest absolute Gasteiger partial charge is 0.277 e. The zero-order valence-corrected chi connectivity index (χ0v) is 8.70. The van der Waals surface area contributed by atoms with Gasteiger partial charge in [0.15, 0.2) is 0 Å². The normalized spacial score (nSPS) is 15.7. The number of hydrogen-bond donors (Lipinski definition) is 1. The van der Waals surface area contributed by atoms with Gasteiger partial charge < -0.3 is 0 Å². The Bertz CT molecular complexity index is 484. The first-order valence-electron chi connectivity index (χ1n) is 4.91. The van der Waals surface area contributed by atoms with Crippen molar-refractivity contribution < 1.29 is 13.2 Å². The van der Waals surface area contributed by atoms with E-state index in [2.05, 4.69) is 10.5 Å². The van der Waals surface area contributed by atoms with Gasteiger partial charge in [0.2, 0.25) is 0 Å². The molecule has 0 saturated carbocycles. The third kappa shape index (κ3) is 2.55. The third-order valence-electron chi connectivity index (χ3n) is 2.24. The summed E-state index contributed by atoms with van der Waals surface area (Å²) < 4.78 is 38.6. The van der Waals surface area contributed by atoms with E-state index in [1.165, 1.54) is 12.3 Å². The minimum atomic E-state index is -4.41. The van der Waals surface area contributed by atoms with E-state index in [4.69, 9.17) is 0 Å². The van der Waals surface area contributed by atoms with Crippen LogP contribution in [0.3, 0.4) is 0 Å². The fourth-order valence-electron chi connectivity index (χ4n) is 1.49. The molecule has 0 spiro atoms. The van der Waals surface area contributed by atoms with Crippen molar-refractivity contribution in [3.63, 3.8) is 0 Å². The number of hydrogen-bond acceptors (Lipinski definition) is 2. The molecule has 0 saturated heterocycles. The summed E-state index contributed by atoms with van der Waals surface area (Å²) in [5.74, 6) is 0. The minimum Gasteiger partial charge on any atom is -0.277 e. The second-order valence-electron chi connectivity index (χ2n) is 3.40. The number of nitrogens with one attached hydrogen (secondary N) is 1. The van der Waals surface area contributed by atoms with E-state index in [1.54, 1.807) is 30.3 Å². The van der Waals surface area contributed by atoms with Crippen molar-refractivity contribution in [2.75, 3.05) is 0 Å². The quantitative estimate of drug-likeness (QED) is 0.798. The Morgan fingerprint density at radius 1 is 1.06 bits per heavy atom. The summed E-state index contributed by atoms with van der Waals surface area (Å²) in [5.41, 5.74) is 2.10. The molecule has 1 aliphatic rings. The molecular formula is C12H9F3N2. The average Bonchev–Trinajstić information content (AvgIpc) is 2.54. The van der Waals surface area contributed by atoms with E-state index >= 15 is 0 Å². The first-order chi connectivity index (χ1) is 8.09. The molecule has 0 unspecified atom stereocenters. The molecule has 2 nitrogen and oxygen atoms in total. The number of rotatable bonds is 1. The molecule has 0 aliphatic carbocycles. The van der Waals surface area contributed by atoms with Gasteiger partial charge in [0.05, 0.1) is 11.3 Å². The summed E-state index contributed by atoms with van der Waals surface area (Å²) in [6.45, 7) is 0. The molecule has 1 aromatic carbocycles. The van der Waals surface area contributed by atoms with Crippen LogP contribution in [0.15, 0.2) is 53.2 Å². The van der Waals surface area contributed by atoms with Gasteiger partial charge in [0.25, 0.3) is 0 Å². The van der Waals surface area contributed by atoms with Crippen molar-refractivity contribution in [3.8, 4) is 0 Å². The van der Waals surface area contributed by atoms with Crippen molar-refractivity contribution in [2.45, 2.75) is 6.18 Å². The lowest BCUT2D eigenvalue weighted by Gasteiger charge is -2.14. The van der Waals surface area contributed by atoms with Gasteiger partial charge in [-0.05, 0) is 12.2 Å². The third-order valence-corrected chi connectivity index (χ3v) is 2.24. The average molecular weight is 238 g/mol. The Morgan fingerprint density at radius 3 is 2.41 bits per heavy atom.